The molecule has 0 bridgehead atoms. The van der Waals surface area contributed by atoms with E-state index in [0.717, 1.165) is 17.6 Å². The Kier molecular flexibility index (Phi) is 5.66. The number of aromatic nitrogens is 2. The molecule has 0 aliphatic rings. The molecule has 0 saturated heterocycles. The Bertz CT molecular complexity index is 1350. The first-order valence-electron chi connectivity index (χ1n) is 9.49. The first-order chi connectivity index (χ1) is 15.2. The minimum absolute atomic E-state index is 0.384. The molecule has 3 aromatic carbocycles. The summed E-state index contributed by atoms with van der Waals surface area (Å²) in [6, 6.07) is 19.6. The van der Waals surface area contributed by atoms with Gasteiger partial charge in [0.1, 0.15) is 22.5 Å². The van der Waals surface area contributed by atoms with Gasteiger partial charge >= 0.3 is 6.36 Å². The average molecular weight is 461 g/mol. The van der Waals surface area contributed by atoms with Crippen molar-refractivity contribution >= 4 is 21.1 Å². The van der Waals surface area contributed by atoms with Gasteiger partial charge in [-0.05, 0) is 29.8 Å². The summed E-state index contributed by atoms with van der Waals surface area (Å²) < 4.78 is 73.1. The van der Waals surface area contributed by atoms with Crippen LogP contribution in [0, 0.1) is 0 Å². The first kappa shape index (κ1) is 21.8. The van der Waals surface area contributed by atoms with Crippen molar-refractivity contribution < 1.29 is 26.3 Å². The van der Waals surface area contributed by atoms with Crippen molar-refractivity contribution in [3.63, 3.8) is 0 Å². The van der Waals surface area contributed by atoms with Crippen molar-refractivity contribution in [1.82, 2.24) is 14.3 Å². The van der Waals surface area contributed by atoms with Gasteiger partial charge in [-0.25, -0.2) is 13.4 Å². The maximum Gasteiger partial charge on any atom is 0.573 e. The number of fused-ring (bicyclic) bond motifs is 1. The fraction of sp³-hybridized carbons (Fsp3) is 0.136. The van der Waals surface area contributed by atoms with Gasteiger partial charge in [-0.15, -0.1) is 13.2 Å². The van der Waals surface area contributed by atoms with E-state index in [1.54, 1.807) is 48.0 Å². The van der Waals surface area contributed by atoms with E-state index in [-0.39, 0.29) is 0 Å². The van der Waals surface area contributed by atoms with Crippen LogP contribution in [-0.4, -0.2) is 24.3 Å². The molecule has 1 N–H and O–H groups in total. The monoisotopic (exact) mass is 461 g/mol. The second kappa shape index (κ2) is 8.29. The Hall–Kier alpha value is -3.37. The minimum atomic E-state index is -5.04. The van der Waals surface area contributed by atoms with E-state index in [0.29, 0.717) is 16.9 Å². The van der Waals surface area contributed by atoms with E-state index in [4.69, 9.17) is 0 Å². The van der Waals surface area contributed by atoms with Crippen molar-refractivity contribution in [1.29, 1.82) is 0 Å². The Morgan fingerprint density at radius 3 is 2.25 bits per heavy atom. The van der Waals surface area contributed by atoms with Crippen LogP contribution in [0.5, 0.6) is 5.75 Å². The van der Waals surface area contributed by atoms with Crippen molar-refractivity contribution in [3.8, 4) is 5.75 Å². The van der Waals surface area contributed by atoms with Gasteiger partial charge in [0, 0.05) is 7.05 Å². The quantitative estimate of drug-likeness (QED) is 0.458. The van der Waals surface area contributed by atoms with E-state index in [2.05, 4.69) is 14.4 Å². The van der Waals surface area contributed by atoms with Gasteiger partial charge in [-0.3, -0.25) is 0 Å². The molecule has 166 valence electrons. The van der Waals surface area contributed by atoms with Crippen LogP contribution in [0.4, 0.5) is 13.2 Å². The molecule has 0 spiro atoms. The maximum atomic E-state index is 13.2. The van der Waals surface area contributed by atoms with Crippen LogP contribution in [0.2, 0.25) is 0 Å². The first-order valence-corrected chi connectivity index (χ1v) is 11.0. The van der Waals surface area contributed by atoms with Crippen LogP contribution in [0.3, 0.4) is 0 Å². The normalized spacial score (nSPS) is 13.2. The smallest absolute Gasteiger partial charge is 0.404 e. The zero-order chi connectivity index (χ0) is 22.9. The number of hydrogen-bond acceptors (Lipinski definition) is 4. The number of halogens is 3. The molecule has 10 heteroatoms. The van der Waals surface area contributed by atoms with Crippen LogP contribution in [-0.2, 0) is 17.1 Å². The molecule has 0 aliphatic heterocycles. The summed E-state index contributed by atoms with van der Waals surface area (Å²) in [5.74, 6) is -0.431. The predicted molar refractivity (Wildman–Crippen MR) is 112 cm³/mol. The fourth-order valence-corrected chi connectivity index (χ4v) is 4.75. The standard InChI is InChI=1S/C22H18F3N3O3S/c1-28-17-12-6-5-11-16(17)26-21(28)20(15-9-3-2-4-10-15)27-32(29,30)19-14-8-7-13-18(19)31-22(23,24)25/h2-14,20,27H,1H3. The van der Waals surface area contributed by atoms with Crippen molar-refractivity contribution in [2.75, 3.05) is 0 Å². The molecule has 1 atom stereocenters. The molecule has 0 saturated carbocycles. The van der Waals surface area contributed by atoms with Gasteiger partial charge < -0.3 is 9.30 Å². The highest BCUT2D eigenvalue weighted by molar-refractivity contribution is 7.89. The summed E-state index contributed by atoms with van der Waals surface area (Å²) in [7, 11) is -2.70. The highest BCUT2D eigenvalue weighted by atomic mass is 32.2. The van der Waals surface area contributed by atoms with Gasteiger partial charge in [0.25, 0.3) is 0 Å². The van der Waals surface area contributed by atoms with Crippen LogP contribution in [0.1, 0.15) is 17.4 Å². The minimum Gasteiger partial charge on any atom is -0.404 e. The summed E-state index contributed by atoms with van der Waals surface area (Å²) in [6.07, 6.45) is -5.04. The predicted octanol–water partition coefficient (Wildman–Crippen LogP) is 4.54. The third-order valence-corrected chi connectivity index (χ3v) is 6.31. The average Bonchev–Trinajstić information content (AvgIpc) is 3.08. The molecule has 0 fully saturated rings. The SMILES string of the molecule is Cn1c(C(NS(=O)(=O)c2ccccc2OC(F)(F)F)c2ccccc2)nc2ccccc21. The zero-order valence-electron chi connectivity index (χ0n) is 16.7. The van der Waals surface area contributed by atoms with E-state index in [1.165, 1.54) is 12.1 Å². The fourth-order valence-electron chi connectivity index (χ4n) is 3.44. The van der Waals surface area contributed by atoms with E-state index in [1.807, 2.05) is 18.2 Å². The largest absolute Gasteiger partial charge is 0.573 e. The van der Waals surface area contributed by atoms with Gasteiger partial charge in [-0.2, -0.15) is 4.72 Å². The Balaban J connectivity index is 1.81. The molecule has 1 heterocycles. The summed E-state index contributed by atoms with van der Waals surface area (Å²) >= 11 is 0. The highest BCUT2D eigenvalue weighted by Crippen LogP contribution is 2.32. The molecule has 0 amide bonds. The number of alkyl halides is 3. The Morgan fingerprint density at radius 2 is 1.56 bits per heavy atom. The number of benzene rings is 3. The van der Waals surface area contributed by atoms with E-state index < -0.39 is 33.1 Å². The molecular formula is C22H18F3N3O3S. The summed E-state index contributed by atoms with van der Waals surface area (Å²) in [5, 5.41) is 0. The third kappa shape index (κ3) is 4.46. The molecule has 4 rings (SSSR count). The number of aryl methyl sites for hydroxylation is 1. The molecule has 1 aromatic heterocycles. The van der Waals surface area contributed by atoms with Crippen molar-refractivity contribution in [2.45, 2.75) is 17.3 Å². The lowest BCUT2D eigenvalue weighted by Gasteiger charge is -2.20. The van der Waals surface area contributed by atoms with Gasteiger partial charge in [0.2, 0.25) is 10.0 Å². The Labute approximate surface area is 182 Å². The molecule has 1 unspecified atom stereocenters. The Morgan fingerprint density at radius 1 is 0.938 bits per heavy atom. The van der Waals surface area contributed by atoms with E-state index >= 15 is 0 Å². The maximum absolute atomic E-state index is 13.2. The topological polar surface area (TPSA) is 73.2 Å². The number of nitrogens with one attached hydrogen (secondary N) is 1. The molecule has 6 nitrogen and oxygen atoms in total. The highest BCUT2D eigenvalue weighted by Gasteiger charge is 2.35. The number of hydrogen-bond donors (Lipinski definition) is 1. The van der Waals surface area contributed by atoms with Crippen LogP contribution in [0.25, 0.3) is 11.0 Å². The molecular weight excluding hydrogens is 443 g/mol. The zero-order valence-corrected chi connectivity index (χ0v) is 17.6. The van der Waals surface area contributed by atoms with Gasteiger partial charge in [0.15, 0.2) is 0 Å². The number of nitrogens with zero attached hydrogens (tertiary/aromatic N) is 2. The van der Waals surface area contributed by atoms with Gasteiger partial charge in [0.05, 0.1) is 11.0 Å². The molecule has 0 aliphatic carbocycles. The van der Waals surface area contributed by atoms with Crippen molar-refractivity contribution in [2.24, 2.45) is 7.05 Å². The summed E-state index contributed by atoms with van der Waals surface area (Å²) in [5.41, 5.74) is 2.01. The van der Waals surface area contributed by atoms with E-state index in [9.17, 15) is 21.6 Å². The van der Waals surface area contributed by atoms with Crippen LogP contribution >= 0.6 is 0 Å². The molecule has 32 heavy (non-hydrogen) atoms. The van der Waals surface area contributed by atoms with Crippen LogP contribution < -0.4 is 9.46 Å². The number of imidazole rings is 1. The number of ether oxygens (including phenoxy) is 1. The third-order valence-electron chi connectivity index (χ3n) is 4.85. The number of para-hydroxylation sites is 3. The number of rotatable bonds is 6. The summed E-state index contributed by atoms with van der Waals surface area (Å²) in [6.45, 7) is 0. The van der Waals surface area contributed by atoms with Crippen molar-refractivity contribution in [3.05, 3.63) is 90.3 Å². The number of sulfonamides is 1. The second-order valence-corrected chi connectivity index (χ2v) is 8.66. The molecule has 0 radical (unpaired) electrons. The molecule has 4 aromatic rings. The lowest BCUT2D eigenvalue weighted by atomic mass is 10.1. The lowest BCUT2D eigenvalue weighted by Crippen LogP contribution is -2.32. The van der Waals surface area contributed by atoms with Crippen LogP contribution in [0.15, 0.2) is 83.8 Å². The lowest BCUT2D eigenvalue weighted by molar-refractivity contribution is -0.275. The summed E-state index contributed by atoms with van der Waals surface area (Å²) in [4.78, 5) is 3.95. The second-order valence-electron chi connectivity index (χ2n) is 6.98. The van der Waals surface area contributed by atoms with Gasteiger partial charge in [-0.1, -0.05) is 54.6 Å².